The molecule has 22 heavy (non-hydrogen) atoms. The Morgan fingerprint density at radius 1 is 1.05 bits per heavy atom. The van der Waals surface area contributed by atoms with E-state index in [2.05, 4.69) is 15.4 Å². The number of carbonyl (C=O) groups is 1. The summed E-state index contributed by atoms with van der Waals surface area (Å²) in [6, 6.07) is 13.0. The first kappa shape index (κ1) is 13.7. The Kier molecular flexibility index (Phi) is 3.53. The molecule has 1 heterocycles. The molecule has 0 aliphatic heterocycles. The van der Waals surface area contributed by atoms with E-state index in [4.69, 9.17) is 9.84 Å². The summed E-state index contributed by atoms with van der Waals surface area (Å²) < 4.78 is 18.3. The third kappa shape index (κ3) is 2.78. The van der Waals surface area contributed by atoms with E-state index in [1.54, 1.807) is 36.4 Å². The Morgan fingerprint density at radius 2 is 1.64 bits per heavy atom. The summed E-state index contributed by atoms with van der Waals surface area (Å²) in [6.07, 6.45) is 0. The third-order valence-electron chi connectivity index (χ3n) is 2.97. The SMILES string of the molecule is O=C(O)c1nn[nH]c1Oc1ccc(-c2ccc(F)cc2)cc1. The van der Waals surface area contributed by atoms with Crippen molar-refractivity contribution in [3.8, 4) is 22.8 Å². The number of hydrogen-bond donors (Lipinski definition) is 2. The molecule has 0 aliphatic rings. The molecule has 2 aromatic carbocycles. The molecule has 0 radical (unpaired) electrons. The average molecular weight is 299 g/mol. The molecule has 0 aliphatic carbocycles. The van der Waals surface area contributed by atoms with Crippen molar-refractivity contribution in [2.75, 3.05) is 0 Å². The summed E-state index contributed by atoms with van der Waals surface area (Å²) in [5.74, 6) is -1.13. The second-order valence-corrected chi connectivity index (χ2v) is 4.43. The standard InChI is InChI=1S/C15H10FN3O3/c16-11-5-1-9(2-6-11)10-3-7-12(8-4-10)22-14-13(15(20)21)17-19-18-14/h1-8H,(H,20,21)(H,17,18,19). The van der Waals surface area contributed by atoms with Gasteiger partial charge >= 0.3 is 5.97 Å². The number of rotatable bonds is 4. The maximum absolute atomic E-state index is 12.9. The lowest BCUT2D eigenvalue weighted by molar-refractivity contribution is 0.0687. The first-order valence-electron chi connectivity index (χ1n) is 6.31. The monoisotopic (exact) mass is 299 g/mol. The van der Waals surface area contributed by atoms with Gasteiger partial charge < -0.3 is 9.84 Å². The molecule has 0 bridgehead atoms. The van der Waals surface area contributed by atoms with E-state index in [0.717, 1.165) is 11.1 Å². The summed E-state index contributed by atoms with van der Waals surface area (Å²) in [4.78, 5) is 10.9. The van der Waals surface area contributed by atoms with E-state index >= 15 is 0 Å². The molecular formula is C15H10FN3O3. The first-order chi connectivity index (χ1) is 10.6. The Bertz CT molecular complexity index is 798. The van der Waals surface area contributed by atoms with E-state index in [9.17, 15) is 9.18 Å². The molecule has 0 spiro atoms. The van der Waals surface area contributed by atoms with Gasteiger partial charge in [-0.05, 0) is 35.4 Å². The molecule has 0 unspecified atom stereocenters. The van der Waals surface area contributed by atoms with Crippen molar-refractivity contribution in [3.05, 3.63) is 60.0 Å². The quantitative estimate of drug-likeness (QED) is 0.772. The highest BCUT2D eigenvalue weighted by Crippen LogP contribution is 2.26. The maximum atomic E-state index is 12.9. The van der Waals surface area contributed by atoms with Crippen LogP contribution in [0.5, 0.6) is 11.6 Å². The van der Waals surface area contributed by atoms with Gasteiger partial charge in [0.05, 0.1) is 0 Å². The van der Waals surface area contributed by atoms with Gasteiger partial charge in [0, 0.05) is 0 Å². The number of aromatic nitrogens is 3. The fourth-order valence-corrected chi connectivity index (χ4v) is 1.91. The summed E-state index contributed by atoms with van der Waals surface area (Å²) >= 11 is 0. The van der Waals surface area contributed by atoms with Crippen molar-refractivity contribution in [3.63, 3.8) is 0 Å². The molecular weight excluding hydrogens is 289 g/mol. The van der Waals surface area contributed by atoms with Gasteiger partial charge in [0.15, 0.2) is 0 Å². The Balaban J connectivity index is 1.81. The average Bonchev–Trinajstić information content (AvgIpc) is 2.97. The van der Waals surface area contributed by atoms with E-state index < -0.39 is 5.97 Å². The van der Waals surface area contributed by atoms with Crippen molar-refractivity contribution in [1.29, 1.82) is 0 Å². The second kappa shape index (κ2) is 5.65. The first-order valence-corrected chi connectivity index (χ1v) is 6.31. The molecule has 2 N–H and O–H groups in total. The van der Waals surface area contributed by atoms with Gasteiger partial charge in [0.1, 0.15) is 11.6 Å². The van der Waals surface area contributed by atoms with Crippen LogP contribution < -0.4 is 4.74 Å². The summed E-state index contributed by atoms with van der Waals surface area (Å²) in [5, 5.41) is 18.1. The Labute approximate surface area is 124 Å². The number of carboxylic acids is 1. The van der Waals surface area contributed by atoms with Gasteiger partial charge in [-0.3, -0.25) is 0 Å². The van der Waals surface area contributed by atoms with Crippen LogP contribution in [0.25, 0.3) is 11.1 Å². The zero-order valence-corrected chi connectivity index (χ0v) is 11.2. The van der Waals surface area contributed by atoms with Crippen molar-refractivity contribution < 1.29 is 19.0 Å². The van der Waals surface area contributed by atoms with E-state index in [1.165, 1.54) is 12.1 Å². The van der Waals surface area contributed by atoms with Crippen LogP contribution in [-0.2, 0) is 0 Å². The Hall–Kier alpha value is -3.22. The normalized spacial score (nSPS) is 10.4. The lowest BCUT2D eigenvalue weighted by Crippen LogP contribution is -1.99. The van der Waals surface area contributed by atoms with E-state index in [-0.39, 0.29) is 17.4 Å². The van der Waals surface area contributed by atoms with Gasteiger partial charge in [0.25, 0.3) is 5.88 Å². The molecule has 6 nitrogen and oxygen atoms in total. The molecule has 0 amide bonds. The molecule has 1 aromatic heterocycles. The summed E-state index contributed by atoms with van der Waals surface area (Å²) in [5.41, 5.74) is 1.46. The van der Waals surface area contributed by atoms with E-state index in [1.807, 2.05) is 0 Å². The van der Waals surface area contributed by atoms with Crippen LogP contribution in [0, 0.1) is 5.82 Å². The van der Waals surface area contributed by atoms with Crippen molar-refractivity contribution in [2.24, 2.45) is 0 Å². The van der Waals surface area contributed by atoms with Crippen LogP contribution in [0.2, 0.25) is 0 Å². The van der Waals surface area contributed by atoms with Gasteiger partial charge in [-0.15, -0.1) is 5.10 Å². The lowest BCUT2D eigenvalue weighted by atomic mass is 10.1. The number of nitrogens with zero attached hydrogens (tertiary/aromatic N) is 2. The largest absolute Gasteiger partial charge is 0.476 e. The predicted octanol–water partition coefficient (Wildman–Crippen LogP) is 3.10. The van der Waals surface area contributed by atoms with Gasteiger partial charge in [-0.25, -0.2) is 14.3 Å². The number of halogens is 1. The number of nitrogens with one attached hydrogen (secondary N) is 1. The van der Waals surface area contributed by atoms with Crippen LogP contribution in [0.4, 0.5) is 4.39 Å². The van der Waals surface area contributed by atoms with Crippen LogP contribution in [-0.4, -0.2) is 26.5 Å². The highest BCUT2D eigenvalue weighted by Gasteiger charge is 2.16. The molecule has 0 atom stereocenters. The predicted molar refractivity (Wildman–Crippen MR) is 75.3 cm³/mol. The molecule has 0 fully saturated rings. The van der Waals surface area contributed by atoms with Crippen molar-refractivity contribution >= 4 is 5.97 Å². The lowest BCUT2D eigenvalue weighted by Gasteiger charge is -2.05. The Morgan fingerprint density at radius 3 is 2.23 bits per heavy atom. The van der Waals surface area contributed by atoms with Crippen LogP contribution in [0.15, 0.2) is 48.5 Å². The zero-order chi connectivity index (χ0) is 15.5. The number of carboxylic acid groups (broad SMARTS) is 1. The number of aromatic carboxylic acids is 1. The number of benzene rings is 2. The molecule has 0 saturated carbocycles. The minimum atomic E-state index is -1.23. The van der Waals surface area contributed by atoms with Crippen LogP contribution in [0.1, 0.15) is 10.5 Å². The minimum Gasteiger partial charge on any atom is -0.476 e. The summed E-state index contributed by atoms with van der Waals surface area (Å²) in [7, 11) is 0. The van der Waals surface area contributed by atoms with Gasteiger partial charge in [0.2, 0.25) is 5.69 Å². The summed E-state index contributed by atoms with van der Waals surface area (Å²) in [6.45, 7) is 0. The van der Waals surface area contributed by atoms with E-state index in [0.29, 0.717) is 5.75 Å². The number of hydrogen-bond acceptors (Lipinski definition) is 4. The molecule has 110 valence electrons. The molecule has 7 heteroatoms. The van der Waals surface area contributed by atoms with Crippen LogP contribution in [0.3, 0.4) is 0 Å². The molecule has 3 rings (SSSR count). The van der Waals surface area contributed by atoms with Crippen molar-refractivity contribution in [1.82, 2.24) is 15.4 Å². The molecule has 3 aromatic rings. The van der Waals surface area contributed by atoms with Gasteiger partial charge in [-0.2, -0.15) is 0 Å². The highest BCUT2D eigenvalue weighted by atomic mass is 19.1. The number of ether oxygens (including phenoxy) is 1. The third-order valence-corrected chi connectivity index (χ3v) is 2.97. The molecule has 0 saturated heterocycles. The minimum absolute atomic E-state index is 0.0398. The fourth-order valence-electron chi connectivity index (χ4n) is 1.91. The van der Waals surface area contributed by atoms with Crippen LogP contribution >= 0.6 is 0 Å². The maximum Gasteiger partial charge on any atom is 0.362 e. The van der Waals surface area contributed by atoms with Crippen molar-refractivity contribution in [2.45, 2.75) is 0 Å². The van der Waals surface area contributed by atoms with Gasteiger partial charge in [-0.1, -0.05) is 29.5 Å². The fraction of sp³-hybridized carbons (Fsp3) is 0. The highest BCUT2D eigenvalue weighted by molar-refractivity contribution is 5.87. The topological polar surface area (TPSA) is 88.1 Å². The second-order valence-electron chi connectivity index (χ2n) is 4.43. The number of aromatic amines is 1. The number of H-pyrrole nitrogens is 1. The zero-order valence-electron chi connectivity index (χ0n) is 11.2. The smallest absolute Gasteiger partial charge is 0.362 e.